The number of benzene rings is 1. The summed E-state index contributed by atoms with van der Waals surface area (Å²) in [5, 5.41) is 5.95. The molecule has 21 heavy (non-hydrogen) atoms. The van der Waals surface area contributed by atoms with Crippen LogP contribution in [0.1, 0.15) is 25.2 Å². The molecule has 0 saturated heterocycles. The van der Waals surface area contributed by atoms with E-state index in [2.05, 4.69) is 15.1 Å². The van der Waals surface area contributed by atoms with Gasteiger partial charge in [0.25, 0.3) is 5.89 Å². The van der Waals surface area contributed by atoms with Crippen LogP contribution in [0.5, 0.6) is 0 Å². The van der Waals surface area contributed by atoms with Crippen molar-refractivity contribution in [3.63, 3.8) is 0 Å². The highest BCUT2D eigenvalue weighted by Crippen LogP contribution is 2.34. The van der Waals surface area contributed by atoms with E-state index >= 15 is 0 Å². The maximum atomic E-state index is 14.0. The first kappa shape index (κ1) is 12.2. The molecule has 0 unspecified atom stereocenters. The number of rotatable bonds is 2. The third-order valence-electron chi connectivity index (χ3n) is 3.78. The highest BCUT2D eigenvalue weighted by atomic mass is 19.1. The summed E-state index contributed by atoms with van der Waals surface area (Å²) in [5.41, 5.74) is 1.57. The van der Waals surface area contributed by atoms with Crippen LogP contribution in [0.3, 0.4) is 0 Å². The predicted molar refractivity (Wildman–Crippen MR) is 76.9 cm³/mol. The van der Waals surface area contributed by atoms with E-state index in [1.165, 1.54) is 0 Å². The van der Waals surface area contributed by atoms with Gasteiger partial charge in [-0.1, -0.05) is 17.3 Å². The number of hydrogen-bond donors (Lipinski definition) is 0. The fraction of sp³-hybridized carbons (Fsp3) is 0.188. The van der Waals surface area contributed by atoms with Crippen LogP contribution in [-0.4, -0.2) is 15.1 Å². The zero-order chi connectivity index (χ0) is 14.2. The third kappa shape index (κ3) is 2.11. The zero-order valence-corrected chi connectivity index (χ0v) is 11.2. The van der Waals surface area contributed by atoms with Crippen LogP contribution in [0.25, 0.3) is 28.0 Å². The van der Waals surface area contributed by atoms with Gasteiger partial charge in [0.05, 0.1) is 0 Å². The Morgan fingerprint density at radius 1 is 1.14 bits per heavy atom. The molecule has 3 aromatic rings. The Kier molecular flexibility index (Phi) is 2.77. The molecule has 2 aromatic heterocycles. The van der Waals surface area contributed by atoms with Gasteiger partial charge in [0, 0.05) is 23.3 Å². The van der Waals surface area contributed by atoms with E-state index in [-0.39, 0.29) is 11.7 Å². The average molecular weight is 281 g/mol. The van der Waals surface area contributed by atoms with Crippen molar-refractivity contribution in [2.24, 2.45) is 0 Å². The predicted octanol–water partition coefficient (Wildman–Crippen LogP) is 4.15. The number of halogens is 1. The maximum absolute atomic E-state index is 14.0. The molecule has 1 aromatic carbocycles. The van der Waals surface area contributed by atoms with Crippen LogP contribution < -0.4 is 0 Å². The Bertz CT molecular complexity index is 847. The van der Waals surface area contributed by atoms with Crippen molar-refractivity contribution in [3.05, 3.63) is 48.1 Å². The fourth-order valence-corrected chi connectivity index (χ4v) is 2.38. The summed E-state index contributed by atoms with van der Waals surface area (Å²) in [6, 6.07) is 7.68. The third-order valence-corrected chi connectivity index (χ3v) is 3.78. The van der Waals surface area contributed by atoms with E-state index in [0.717, 1.165) is 41.2 Å². The van der Waals surface area contributed by atoms with Gasteiger partial charge in [-0.25, -0.2) is 4.39 Å². The molecule has 1 aliphatic carbocycles. The van der Waals surface area contributed by atoms with Crippen molar-refractivity contribution in [2.45, 2.75) is 19.3 Å². The van der Waals surface area contributed by atoms with Crippen molar-refractivity contribution >= 4 is 16.6 Å². The molecular formula is C16H12FN3O. The van der Waals surface area contributed by atoms with Crippen molar-refractivity contribution < 1.29 is 8.91 Å². The molecule has 0 N–H and O–H groups in total. The van der Waals surface area contributed by atoms with Gasteiger partial charge < -0.3 is 4.52 Å². The SMILES string of the molecule is FC(=C1CCC1)c1nc(-c2ccc3cnccc3c2)no1. The largest absolute Gasteiger partial charge is 0.331 e. The average Bonchev–Trinajstić information content (AvgIpc) is 2.95. The summed E-state index contributed by atoms with van der Waals surface area (Å²) in [4.78, 5) is 8.24. The minimum absolute atomic E-state index is 0.0190. The quantitative estimate of drug-likeness (QED) is 0.708. The van der Waals surface area contributed by atoms with E-state index in [4.69, 9.17) is 4.52 Å². The first-order chi connectivity index (χ1) is 10.3. The first-order valence-electron chi connectivity index (χ1n) is 6.87. The van der Waals surface area contributed by atoms with E-state index in [0.29, 0.717) is 5.82 Å². The lowest BCUT2D eigenvalue weighted by atomic mass is 9.91. The number of fused-ring (bicyclic) bond motifs is 1. The minimum Gasteiger partial charge on any atom is -0.331 e. The number of nitrogens with zero attached hydrogens (tertiary/aromatic N) is 3. The maximum Gasteiger partial charge on any atom is 0.286 e. The standard InChI is InChI=1S/C16H12FN3O/c17-14(10-2-1-3-10)16-19-15(20-21-16)12-4-5-13-9-18-7-6-11(13)8-12/h4-9H,1-3H2. The molecule has 4 rings (SSSR count). The normalized spacial score (nSPS) is 14.2. The minimum atomic E-state index is -0.356. The van der Waals surface area contributed by atoms with Gasteiger partial charge in [-0.05, 0) is 42.4 Å². The van der Waals surface area contributed by atoms with E-state index < -0.39 is 0 Å². The lowest BCUT2D eigenvalue weighted by Gasteiger charge is -2.15. The lowest BCUT2D eigenvalue weighted by Crippen LogP contribution is -1.99. The van der Waals surface area contributed by atoms with Crippen LogP contribution in [-0.2, 0) is 0 Å². The van der Waals surface area contributed by atoms with Gasteiger partial charge in [0.2, 0.25) is 5.82 Å². The molecule has 1 saturated carbocycles. The van der Waals surface area contributed by atoms with Crippen LogP contribution in [0.4, 0.5) is 4.39 Å². The summed E-state index contributed by atoms with van der Waals surface area (Å²) >= 11 is 0. The Labute approximate surface area is 120 Å². The molecule has 0 bridgehead atoms. The van der Waals surface area contributed by atoms with Crippen molar-refractivity contribution in [1.82, 2.24) is 15.1 Å². The molecule has 1 aliphatic rings. The van der Waals surface area contributed by atoms with E-state index in [9.17, 15) is 4.39 Å². The van der Waals surface area contributed by atoms with Crippen LogP contribution >= 0.6 is 0 Å². The second kappa shape index (κ2) is 4.77. The highest BCUT2D eigenvalue weighted by Gasteiger charge is 2.21. The molecular weight excluding hydrogens is 269 g/mol. The van der Waals surface area contributed by atoms with Crippen molar-refractivity contribution in [3.8, 4) is 11.4 Å². The fourth-order valence-electron chi connectivity index (χ4n) is 2.38. The topological polar surface area (TPSA) is 51.8 Å². The summed E-state index contributed by atoms with van der Waals surface area (Å²) in [5.74, 6) is 0.0262. The van der Waals surface area contributed by atoms with Crippen LogP contribution in [0.2, 0.25) is 0 Å². The molecule has 0 atom stereocenters. The second-order valence-corrected chi connectivity index (χ2v) is 5.13. The molecule has 0 radical (unpaired) electrons. The molecule has 0 spiro atoms. The van der Waals surface area contributed by atoms with Gasteiger partial charge in [-0.15, -0.1) is 0 Å². The number of allylic oxidation sites excluding steroid dienone is 1. The molecule has 0 aliphatic heterocycles. The highest BCUT2D eigenvalue weighted by molar-refractivity contribution is 5.85. The summed E-state index contributed by atoms with van der Waals surface area (Å²) < 4.78 is 19.1. The Morgan fingerprint density at radius 2 is 2.05 bits per heavy atom. The molecule has 5 heteroatoms. The van der Waals surface area contributed by atoms with Gasteiger partial charge in [0.1, 0.15) is 0 Å². The second-order valence-electron chi connectivity index (χ2n) is 5.13. The smallest absolute Gasteiger partial charge is 0.286 e. The van der Waals surface area contributed by atoms with Gasteiger partial charge in [-0.3, -0.25) is 4.98 Å². The number of pyridine rings is 1. The molecule has 104 valence electrons. The van der Waals surface area contributed by atoms with Crippen molar-refractivity contribution in [2.75, 3.05) is 0 Å². The zero-order valence-electron chi connectivity index (χ0n) is 11.2. The number of hydrogen-bond acceptors (Lipinski definition) is 4. The Balaban J connectivity index is 1.73. The Morgan fingerprint density at radius 3 is 2.86 bits per heavy atom. The van der Waals surface area contributed by atoms with Crippen LogP contribution in [0.15, 0.2) is 46.8 Å². The van der Waals surface area contributed by atoms with Gasteiger partial charge in [0.15, 0.2) is 5.83 Å². The Hall–Kier alpha value is -2.56. The van der Waals surface area contributed by atoms with Gasteiger partial charge >= 0.3 is 0 Å². The molecule has 1 fully saturated rings. The van der Waals surface area contributed by atoms with E-state index in [1.54, 1.807) is 12.4 Å². The van der Waals surface area contributed by atoms with Gasteiger partial charge in [-0.2, -0.15) is 4.98 Å². The first-order valence-corrected chi connectivity index (χ1v) is 6.87. The molecule has 4 nitrogen and oxygen atoms in total. The number of aromatic nitrogens is 3. The van der Waals surface area contributed by atoms with E-state index in [1.807, 2.05) is 24.3 Å². The molecule has 0 amide bonds. The van der Waals surface area contributed by atoms with Crippen molar-refractivity contribution in [1.29, 1.82) is 0 Å². The van der Waals surface area contributed by atoms with Crippen LogP contribution in [0, 0.1) is 0 Å². The monoisotopic (exact) mass is 281 g/mol. The lowest BCUT2D eigenvalue weighted by molar-refractivity contribution is 0.395. The molecule has 2 heterocycles. The summed E-state index contributed by atoms with van der Waals surface area (Å²) in [7, 11) is 0. The summed E-state index contributed by atoms with van der Waals surface area (Å²) in [6.45, 7) is 0. The summed E-state index contributed by atoms with van der Waals surface area (Å²) in [6.07, 6.45) is 6.12.